The fraction of sp³-hybridized carbons (Fsp3) is 0.724. The van der Waals surface area contributed by atoms with Crippen LogP contribution in [0.5, 0.6) is 0 Å². The molecule has 2 aliphatic carbocycles. The molecule has 0 aromatic carbocycles. The van der Waals surface area contributed by atoms with E-state index in [2.05, 4.69) is 57.5 Å². The second kappa shape index (κ2) is 25.6. The standard InChI is InChI=1S/2C14H22N2O6S.CH4.I3/c2*1-14(2,3)21-13(20)16-22-12(19)15-6-5-8-9(17)7-10(23-4)11(8)18;;1-3-2/h2*8,10H,5-7H2,1-4H3,(H,15,19)(H,16,20);1H4;/q;;;-1/p+2. The molecule has 16 nitrogen and oxygen atoms in total. The summed E-state index contributed by atoms with van der Waals surface area (Å²) in [6.45, 7) is 10.2. The number of hydrogen-bond donors (Lipinski definition) is 4. The van der Waals surface area contributed by atoms with Gasteiger partial charge in [0.05, 0.1) is 22.3 Å². The SMILES string of the molecule is C.CSC1CC(=O)C(CCNC(=O)ONC(=O)OC(C)(C)C)C1=O.CSC1CC(=O)C(CCNC(=O)ONC(=O)OC(C)(C)C)C1=O.I[I-]I.[H+].[H+]. The fourth-order valence-corrected chi connectivity index (χ4v) is 5.56. The molecule has 0 heterocycles. The number of amides is 4. The first-order chi connectivity index (χ1) is 22.7. The average Bonchev–Trinajstić information content (AvgIpc) is 3.42. The molecular formula is C29H50I3N4O12S2+. The second-order valence-corrected chi connectivity index (χ2v) is 30.5. The zero-order valence-corrected chi connectivity index (χ0v) is 36.5. The number of hydrogen-bond acceptors (Lipinski definition) is 14. The van der Waals surface area contributed by atoms with Gasteiger partial charge in [-0.15, -0.1) is 11.0 Å². The summed E-state index contributed by atoms with van der Waals surface area (Å²) in [7, 11) is 0. The van der Waals surface area contributed by atoms with E-state index in [0.29, 0.717) is 13.3 Å². The third kappa shape index (κ3) is 21.9. The van der Waals surface area contributed by atoms with Crippen LogP contribution in [0.25, 0.3) is 0 Å². The maximum Gasteiger partial charge on any atom is 1.00 e. The van der Waals surface area contributed by atoms with Gasteiger partial charge in [0, 0.05) is 25.9 Å². The molecule has 50 heavy (non-hydrogen) atoms. The normalized spacial score (nSPS) is 19.8. The minimum Gasteiger partial charge on any atom is 1.00 e. The molecule has 0 bridgehead atoms. The number of ketones is 4. The smallest absolute Gasteiger partial charge is 1.00 e. The molecule has 21 heteroatoms. The molecule has 2 saturated carbocycles. The summed E-state index contributed by atoms with van der Waals surface area (Å²) in [6.07, 6.45) is 0.933. The summed E-state index contributed by atoms with van der Waals surface area (Å²) in [4.78, 5) is 102. The Morgan fingerprint density at radius 2 is 1.00 bits per heavy atom. The van der Waals surface area contributed by atoms with Crippen molar-refractivity contribution in [2.75, 3.05) is 25.6 Å². The summed E-state index contributed by atoms with van der Waals surface area (Å²) in [5.41, 5.74) is 2.27. The summed E-state index contributed by atoms with van der Waals surface area (Å²) >= 11 is 8.02. The van der Waals surface area contributed by atoms with Gasteiger partial charge in [0.15, 0.2) is 11.6 Å². The zero-order valence-electron chi connectivity index (χ0n) is 30.4. The number of Topliss-reactive ketones (excluding diaryl/α,β-unsaturated/α-hetero) is 4. The average molecular weight is 1090 g/mol. The number of thioether (sulfide) groups is 2. The fourth-order valence-electron chi connectivity index (χ4n) is 4.11. The van der Waals surface area contributed by atoms with Crippen LogP contribution in [0.2, 0.25) is 0 Å². The molecule has 0 aliphatic heterocycles. The van der Waals surface area contributed by atoms with Crippen molar-refractivity contribution >= 4 is 108 Å². The number of ether oxygens (including phenoxy) is 2. The van der Waals surface area contributed by atoms with Crippen molar-refractivity contribution in [3.8, 4) is 0 Å². The van der Waals surface area contributed by atoms with Gasteiger partial charge in [-0.25, -0.2) is 19.2 Å². The Kier molecular flexibility index (Phi) is 26.0. The van der Waals surface area contributed by atoms with E-state index in [1.807, 2.05) is 11.0 Å². The number of halogens is 3. The molecule has 0 spiro atoms. The monoisotopic (exact) mass is 1090 g/mol. The molecule has 0 saturated heterocycles. The van der Waals surface area contributed by atoms with E-state index in [1.54, 1.807) is 54.1 Å². The van der Waals surface area contributed by atoms with E-state index in [4.69, 9.17) is 9.47 Å². The molecular weight excluding hydrogens is 1040 g/mol. The molecule has 4 N–H and O–H groups in total. The molecule has 0 radical (unpaired) electrons. The van der Waals surface area contributed by atoms with Gasteiger partial charge < -0.3 is 29.8 Å². The van der Waals surface area contributed by atoms with E-state index in [-0.39, 0.29) is 82.7 Å². The van der Waals surface area contributed by atoms with E-state index in [1.165, 1.54) is 23.5 Å². The van der Waals surface area contributed by atoms with E-state index in [9.17, 15) is 38.4 Å². The van der Waals surface area contributed by atoms with Crippen LogP contribution in [0, 0.1) is 11.8 Å². The maximum absolute atomic E-state index is 11.9. The largest absolute Gasteiger partial charge is 1.00 e. The Morgan fingerprint density at radius 3 is 1.24 bits per heavy atom. The third-order valence-corrected chi connectivity index (χ3v) is 8.03. The van der Waals surface area contributed by atoms with Crippen LogP contribution in [-0.2, 0) is 38.3 Å². The molecule has 2 fully saturated rings. The molecule has 4 amide bonds. The predicted molar refractivity (Wildman–Crippen MR) is 205 cm³/mol. The Bertz CT molecular complexity index is 1110. The summed E-state index contributed by atoms with van der Waals surface area (Å²) in [6, 6.07) is 0. The first-order valence-electron chi connectivity index (χ1n) is 14.6. The Labute approximate surface area is 334 Å². The van der Waals surface area contributed by atoms with Crippen molar-refractivity contribution < 1.29 is 73.6 Å². The number of rotatable bonds is 8. The first-order valence-corrected chi connectivity index (χ1v) is 29.8. The van der Waals surface area contributed by atoms with Gasteiger partial charge in [0.25, 0.3) is 0 Å². The Balaban J connectivity index is -0.000000390. The number of carbonyl (C=O) groups excluding carboxylic acids is 8. The number of nitrogens with one attached hydrogen (secondary N) is 4. The van der Waals surface area contributed by atoms with E-state index < -0.39 is 47.4 Å². The Morgan fingerprint density at radius 1 is 0.700 bits per heavy atom. The van der Waals surface area contributed by atoms with Crippen molar-refractivity contribution in [1.82, 2.24) is 21.6 Å². The minimum absolute atomic E-state index is 0. The molecule has 4 atom stereocenters. The second-order valence-electron chi connectivity index (χ2n) is 12.2. The minimum atomic E-state index is -0.893. The quantitative estimate of drug-likeness (QED) is 0.119. The molecule has 0 aromatic rings. The van der Waals surface area contributed by atoms with Crippen LogP contribution in [-0.4, -0.2) is 94.8 Å². The third-order valence-electron chi connectivity index (χ3n) is 6.10. The van der Waals surface area contributed by atoms with Crippen LogP contribution in [0.1, 0.15) is 77.5 Å². The molecule has 0 aromatic heterocycles. The molecule has 2 aliphatic rings. The van der Waals surface area contributed by atoms with Gasteiger partial charge in [-0.2, -0.15) is 23.5 Å². The van der Waals surface area contributed by atoms with Gasteiger partial charge in [0.2, 0.25) is 0 Å². The summed E-state index contributed by atoms with van der Waals surface area (Å²) < 4.78 is 9.76. The van der Waals surface area contributed by atoms with Crippen LogP contribution < -0.4 is 34.8 Å². The zero-order chi connectivity index (χ0) is 37.9. The van der Waals surface area contributed by atoms with Crippen LogP contribution in [0.3, 0.4) is 0 Å². The van der Waals surface area contributed by atoms with Gasteiger partial charge in [0.1, 0.15) is 22.8 Å². The van der Waals surface area contributed by atoms with Crippen molar-refractivity contribution in [2.45, 2.75) is 96.4 Å². The Hall–Kier alpha value is -1.35. The van der Waals surface area contributed by atoms with Gasteiger partial charge in [-0.1, -0.05) is 7.43 Å². The number of carbonyl (C=O) groups is 8. The van der Waals surface area contributed by atoms with Crippen LogP contribution >= 0.6 is 60.8 Å². The summed E-state index contributed by atoms with van der Waals surface area (Å²) in [5, 5.41) is 4.15. The molecule has 290 valence electrons. The number of hydroxylamine groups is 2. The van der Waals surface area contributed by atoms with Crippen molar-refractivity contribution in [3.05, 3.63) is 0 Å². The van der Waals surface area contributed by atoms with Gasteiger partial charge >= 0.3 is 77.7 Å². The topological polar surface area (TPSA) is 222 Å². The molecule has 4 unspecified atom stereocenters. The van der Waals surface area contributed by atoms with E-state index in [0.717, 1.165) is 0 Å². The predicted octanol–water partition coefficient (Wildman–Crippen LogP) is 2.50. The van der Waals surface area contributed by atoms with E-state index >= 15 is 0 Å². The van der Waals surface area contributed by atoms with Crippen molar-refractivity contribution in [1.29, 1.82) is 0 Å². The molecule has 2 rings (SSSR count). The van der Waals surface area contributed by atoms with Crippen molar-refractivity contribution in [3.63, 3.8) is 0 Å². The van der Waals surface area contributed by atoms with Crippen LogP contribution in [0.4, 0.5) is 19.2 Å². The van der Waals surface area contributed by atoms with Gasteiger partial charge in [-0.3, -0.25) is 19.2 Å². The van der Waals surface area contributed by atoms with Crippen LogP contribution in [0.15, 0.2) is 0 Å². The van der Waals surface area contributed by atoms with Gasteiger partial charge in [-0.05, 0) is 66.9 Å². The summed E-state index contributed by atoms with van der Waals surface area (Å²) in [5.74, 6) is -1.74. The first kappa shape index (κ1) is 50.8. The van der Waals surface area contributed by atoms with Crippen molar-refractivity contribution in [2.24, 2.45) is 11.8 Å². The maximum atomic E-state index is 11.9.